The first-order chi connectivity index (χ1) is 7.93. The molecule has 0 bridgehead atoms. The third-order valence-electron chi connectivity index (χ3n) is 2.84. The minimum atomic E-state index is -4.14. The first-order valence-corrected chi connectivity index (χ1v) is 5.76. The van der Waals surface area contributed by atoms with Crippen LogP contribution in [0.2, 0.25) is 0 Å². The number of rotatable bonds is 5. The Balaban J connectivity index is 2.58. The van der Waals surface area contributed by atoms with Crippen LogP contribution in [0.5, 0.6) is 0 Å². The molecule has 0 heterocycles. The number of nitrogens with two attached hydrogens (primary N) is 1. The molecule has 0 aromatic heterocycles. The van der Waals surface area contributed by atoms with Gasteiger partial charge < -0.3 is 5.73 Å². The molecule has 0 aliphatic rings. The summed E-state index contributed by atoms with van der Waals surface area (Å²) in [5, 5.41) is 0. The Hall–Kier alpha value is -1.03. The number of halogens is 3. The van der Waals surface area contributed by atoms with Gasteiger partial charge in [-0.05, 0) is 38.3 Å². The number of aryl methyl sites for hydroxylation is 2. The molecule has 0 radical (unpaired) electrons. The second-order valence-electron chi connectivity index (χ2n) is 4.34. The van der Waals surface area contributed by atoms with Crippen LogP contribution in [0.3, 0.4) is 0 Å². The summed E-state index contributed by atoms with van der Waals surface area (Å²) < 4.78 is 37.9. The van der Waals surface area contributed by atoms with Crippen LogP contribution in [0.15, 0.2) is 24.3 Å². The second-order valence-corrected chi connectivity index (χ2v) is 4.34. The molecule has 0 spiro atoms. The van der Waals surface area contributed by atoms with Crippen LogP contribution in [0.25, 0.3) is 0 Å². The van der Waals surface area contributed by atoms with Gasteiger partial charge in [-0.25, -0.2) is 0 Å². The van der Waals surface area contributed by atoms with Crippen LogP contribution in [0, 0.1) is 12.8 Å². The van der Waals surface area contributed by atoms with Crippen LogP contribution in [0.4, 0.5) is 13.2 Å². The molecule has 0 aliphatic carbocycles. The van der Waals surface area contributed by atoms with E-state index >= 15 is 0 Å². The molecule has 0 fully saturated rings. The van der Waals surface area contributed by atoms with Gasteiger partial charge in [0.15, 0.2) is 0 Å². The minimum absolute atomic E-state index is 0.00924. The molecule has 1 atom stereocenters. The van der Waals surface area contributed by atoms with E-state index in [0.29, 0.717) is 6.42 Å². The Bertz CT molecular complexity index is 347. The van der Waals surface area contributed by atoms with Gasteiger partial charge in [-0.15, -0.1) is 0 Å². The topological polar surface area (TPSA) is 26.0 Å². The molecule has 1 nitrogen and oxygen atoms in total. The van der Waals surface area contributed by atoms with E-state index in [4.69, 9.17) is 5.73 Å². The average Bonchev–Trinajstić information content (AvgIpc) is 2.22. The largest absolute Gasteiger partial charge is 0.391 e. The van der Waals surface area contributed by atoms with Crippen LogP contribution >= 0.6 is 0 Å². The van der Waals surface area contributed by atoms with E-state index in [2.05, 4.69) is 0 Å². The number of alkyl halides is 3. The Morgan fingerprint density at radius 3 is 2.47 bits per heavy atom. The highest BCUT2D eigenvalue weighted by molar-refractivity contribution is 5.22. The highest BCUT2D eigenvalue weighted by Crippen LogP contribution is 2.32. The van der Waals surface area contributed by atoms with E-state index < -0.39 is 12.1 Å². The number of hydrogen-bond donors (Lipinski definition) is 1. The van der Waals surface area contributed by atoms with E-state index in [0.717, 1.165) is 11.1 Å². The van der Waals surface area contributed by atoms with Crippen molar-refractivity contribution < 1.29 is 13.2 Å². The summed E-state index contributed by atoms with van der Waals surface area (Å²) in [4.78, 5) is 0. The van der Waals surface area contributed by atoms with Crippen molar-refractivity contribution in [2.24, 2.45) is 11.7 Å². The molecule has 0 saturated heterocycles. The van der Waals surface area contributed by atoms with Crippen LogP contribution in [-0.2, 0) is 6.42 Å². The fraction of sp³-hybridized carbons (Fsp3) is 0.538. The first kappa shape index (κ1) is 14.0. The molecule has 0 amide bonds. The molecule has 1 unspecified atom stereocenters. The first-order valence-electron chi connectivity index (χ1n) is 5.76. The number of hydrogen-bond acceptors (Lipinski definition) is 1. The summed E-state index contributed by atoms with van der Waals surface area (Å²) >= 11 is 0. The minimum Gasteiger partial charge on any atom is -0.330 e. The highest BCUT2D eigenvalue weighted by Gasteiger charge is 2.38. The normalized spacial score (nSPS) is 13.7. The van der Waals surface area contributed by atoms with Crippen LogP contribution < -0.4 is 5.73 Å². The number of benzene rings is 1. The summed E-state index contributed by atoms with van der Waals surface area (Å²) in [5.41, 5.74) is 7.25. The maximum absolute atomic E-state index is 12.6. The van der Waals surface area contributed by atoms with Gasteiger partial charge in [-0.3, -0.25) is 0 Å². The highest BCUT2D eigenvalue weighted by atomic mass is 19.4. The van der Waals surface area contributed by atoms with Gasteiger partial charge in [0.1, 0.15) is 0 Å². The van der Waals surface area contributed by atoms with Crippen LogP contribution in [0.1, 0.15) is 24.0 Å². The van der Waals surface area contributed by atoms with E-state index in [9.17, 15) is 13.2 Å². The van der Waals surface area contributed by atoms with Crippen molar-refractivity contribution in [3.05, 3.63) is 35.4 Å². The van der Waals surface area contributed by atoms with Crippen molar-refractivity contribution in [1.29, 1.82) is 0 Å². The summed E-state index contributed by atoms with van der Waals surface area (Å²) in [6.45, 7) is 2.02. The lowest BCUT2D eigenvalue weighted by Crippen LogP contribution is -2.26. The van der Waals surface area contributed by atoms with Gasteiger partial charge >= 0.3 is 6.18 Å². The molecule has 17 heavy (non-hydrogen) atoms. The van der Waals surface area contributed by atoms with E-state index in [1.807, 2.05) is 31.2 Å². The van der Waals surface area contributed by atoms with Crippen molar-refractivity contribution >= 4 is 0 Å². The second kappa shape index (κ2) is 6.05. The lowest BCUT2D eigenvalue weighted by Gasteiger charge is -2.19. The summed E-state index contributed by atoms with van der Waals surface area (Å²) in [6, 6.07) is 7.60. The molecule has 0 saturated carbocycles. The lowest BCUT2D eigenvalue weighted by atomic mass is 9.95. The lowest BCUT2D eigenvalue weighted by molar-refractivity contribution is -0.177. The van der Waals surface area contributed by atoms with Gasteiger partial charge in [-0.1, -0.05) is 29.8 Å². The zero-order valence-corrected chi connectivity index (χ0v) is 9.93. The summed E-state index contributed by atoms with van der Waals surface area (Å²) in [6.07, 6.45) is -3.56. The van der Waals surface area contributed by atoms with Gasteiger partial charge in [0, 0.05) is 0 Å². The molecular formula is C13H18F3N. The molecule has 96 valence electrons. The molecule has 4 heteroatoms. The fourth-order valence-electron chi connectivity index (χ4n) is 1.88. The monoisotopic (exact) mass is 245 g/mol. The molecule has 1 rings (SSSR count). The Morgan fingerprint density at radius 1 is 1.24 bits per heavy atom. The van der Waals surface area contributed by atoms with Crippen molar-refractivity contribution in [2.45, 2.75) is 32.4 Å². The van der Waals surface area contributed by atoms with Crippen molar-refractivity contribution in [3.63, 3.8) is 0 Å². The van der Waals surface area contributed by atoms with E-state index in [-0.39, 0.29) is 19.4 Å². The van der Waals surface area contributed by atoms with Crippen LogP contribution in [-0.4, -0.2) is 12.7 Å². The van der Waals surface area contributed by atoms with Gasteiger partial charge in [0.25, 0.3) is 0 Å². The Labute approximate surface area is 99.8 Å². The van der Waals surface area contributed by atoms with Gasteiger partial charge in [-0.2, -0.15) is 13.2 Å². The third-order valence-corrected chi connectivity index (χ3v) is 2.84. The maximum atomic E-state index is 12.6. The molecule has 1 aromatic rings. The standard InChI is InChI=1S/C13H18F3N/c1-10-3-2-4-11(9-10)5-6-12(7-8-17)13(14,15)16/h2-4,9,12H,5-8,17H2,1H3. The Kier molecular flexibility index (Phi) is 5.00. The third kappa shape index (κ3) is 4.77. The summed E-state index contributed by atoms with van der Waals surface area (Å²) in [7, 11) is 0. The van der Waals surface area contributed by atoms with Crippen molar-refractivity contribution in [3.8, 4) is 0 Å². The SMILES string of the molecule is Cc1cccc(CCC(CCN)C(F)(F)F)c1. The van der Waals surface area contributed by atoms with E-state index in [1.54, 1.807) is 0 Å². The Morgan fingerprint density at radius 2 is 1.94 bits per heavy atom. The quantitative estimate of drug-likeness (QED) is 0.844. The maximum Gasteiger partial charge on any atom is 0.391 e. The van der Waals surface area contributed by atoms with E-state index in [1.165, 1.54) is 0 Å². The average molecular weight is 245 g/mol. The predicted octanol–water partition coefficient (Wildman–Crippen LogP) is 3.45. The molecular weight excluding hydrogens is 227 g/mol. The molecule has 0 aliphatic heterocycles. The fourth-order valence-corrected chi connectivity index (χ4v) is 1.88. The zero-order valence-electron chi connectivity index (χ0n) is 9.93. The van der Waals surface area contributed by atoms with Crippen molar-refractivity contribution in [2.75, 3.05) is 6.54 Å². The summed E-state index contributed by atoms with van der Waals surface area (Å²) in [5.74, 6) is -1.28. The zero-order chi connectivity index (χ0) is 12.9. The smallest absolute Gasteiger partial charge is 0.330 e. The van der Waals surface area contributed by atoms with Gasteiger partial charge in [0.05, 0.1) is 5.92 Å². The van der Waals surface area contributed by atoms with Crippen molar-refractivity contribution in [1.82, 2.24) is 0 Å². The molecule has 2 N–H and O–H groups in total. The van der Waals surface area contributed by atoms with Gasteiger partial charge in [0.2, 0.25) is 0 Å². The molecule has 1 aromatic carbocycles. The predicted molar refractivity (Wildman–Crippen MR) is 62.7 cm³/mol.